The van der Waals surface area contributed by atoms with E-state index in [9.17, 15) is 0 Å². The zero-order valence-corrected chi connectivity index (χ0v) is 17.4. The number of nitrogens with zero attached hydrogens (tertiary/aromatic N) is 2. The molecular formula is C18H33IN4. The van der Waals surface area contributed by atoms with E-state index in [0.717, 1.165) is 25.6 Å². The molecule has 0 amide bonds. The maximum absolute atomic E-state index is 4.28. The third-order valence-corrected chi connectivity index (χ3v) is 3.50. The zero-order valence-electron chi connectivity index (χ0n) is 15.1. The lowest BCUT2D eigenvalue weighted by Gasteiger charge is -2.13. The Bertz CT molecular complexity index is 446. The first kappa shape index (κ1) is 22.2. The molecule has 5 heteroatoms. The van der Waals surface area contributed by atoms with Crippen molar-refractivity contribution in [1.29, 1.82) is 0 Å². The summed E-state index contributed by atoms with van der Waals surface area (Å²) in [5.74, 6) is 0.884. The van der Waals surface area contributed by atoms with Crippen molar-refractivity contribution in [3.63, 3.8) is 0 Å². The van der Waals surface area contributed by atoms with E-state index in [4.69, 9.17) is 0 Å². The molecule has 0 bridgehead atoms. The van der Waals surface area contributed by atoms with Crippen LogP contribution >= 0.6 is 24.0 Å². The van der Waals surface area contributed by atoms with Crippen LogP contribution in [0.1, 0.15) is 43.7 Å². The molecule has 2 N–H and O–H groups in total. The molecule has 0 unspecified atom stereocenters. The lowest BCUT2D eigenvalue weighted by Crippen LogP contribution is -2.37. The molecule has 0 fully saturated rings. The van der Waals surface area contributed by atoms with Crippen LogP contribution in [0.5, 0.6) is 0 Å². The largest absolute Gasteiger partial charge is 0.356 e. The lowest BCUT2D eigenvalue weighted by molar-refractivity contribution is 0.402. The first-order valence-corrected chi connectivity index (χ1v) is 8.32. The molecule has 1 rings (SSSR count). The second kappa shape index (κ2) is 13.6. The van der Waals surface area contributed by atoms with Crippen LogP contribution in [-0.4, -0.2) is 38.5 Å². The van der Waals surface area contributed by atoms with Crippen molar-refractivity contribution in [3.8, 4) is 0 Å². The van der Waals surface area contributed by atoms with E-state index in [2.05, 4.69) is 65.8 Å². The molecule has 0 aromatic heterocycles. The number of halogens is 1. The average molecular weight is 432 g/mol. The summed E-state index contributed by atoms with van der Waals surface area (Å²) < 4.78 is 0. The summed E-state index contributed by atoms with van der Waals surface area (Å²) in [6, 6.07) is 8.70. The van der Waals surface area contributed by atoms with Gasteiger partial charge in [0.1, 0.15) is 0 Å². The van der Waals surface area contributed by atoms with Gasteiger partial charge in [0.25, 0.3) is 0 Å². The minimum atomic E-state index is 0. The van der Waals surface area contributed by atoms with Crippen LogP contribution in [0.15, 0.2) is 29.3 Å². The van der Waals surface area contributed by atoms with Gasteiger partial charge in [0.15, 0.2) is 5.96 Å². The highest BCUT2D eigenvalue weighted by Gasteiger charge is 2.00. The third-order valence-electron chi connectivity index (χ3n) is 3.50. The number of hydrogen-bond donors (Lipinski definition) is 2. The molecule has 0 spiro atoms. The van der Waals surface area contributed by atoms with Crippen molar-refractivity contribution in [2.24, 2.45) is 4.99 Å². The third kappa shape index (κ3) is 10.5. The number of aliphatic imine (C=N–C) groups is 1. The SMILES string of the molecule is CCCCCCNC(=NC)NCc1cccc(CN(C)C)c1.I. The van der Waals surface area contributed by atoms with Crippen LogP contribution in [0.4, 0.5) is 0 Å². The fourth-order valence-electron chi connectivity index (χ4n) is 2.37. The van der Waals surface area contributed by atoms with Crippen LogP contribution < -0.4 is 10.6 Å². The summed E-state index contributed by atoms with van der Waals surface area (Å²) in [5.41, 5.74) is 2.63. The lowest BCUT2D eigenvalue weighted by atomic mass is 10.1. The summed E-state index contributed by atoms with van der Waals surface area (Å²) >= 11 is 0. The van der Waals surface area contributed by atoms with Gasteiger partial charge in [0.05, 0.1) is 0 Å². The van der Waals surface area contributed by atoms with Gasteiger partial charge in [-0.3, -0.25) is 4.99 Å². The van der Waals surface area contributed by atoms with Gasteiger partial charge >= 0.3 is 0 Å². The molecule has 0 saturated carbocycles. The van der Waals surface area contributed by atoms with Crippen LogP contribution in [-0.2, 0) is 13.1 Å². The van der Waals surface area contributed by atoms with Crippen molar-refractivity contribution >= 4 is 29.9 Å². The van der Waals surface area contributed by atoms with Crippen molar-refractivity contribution in [1.82, 2.24) is 15.5 Å². The molecule has 0 aliphatic rings. The van der Waals surface area contributed by atoms with Gasteiger partial charge in [0, 0.05) is 26.7 Å². The maximum atomic E-state index is 4.28. The van der Waals surface area contributed by atoms with Crippen molar-refractivity contribution in [2.75, 3.05) is 27.7 Å². The fourth-order valence-corrected chi connectivity index (χ4v) is 2.37. The van der Waals surface area contributed by atoms with E-state index >= 15 is 0 Å². The molecule has 0 saturated heterocycles. The van der Waals surface area contributed by atoms with Gasteiger partial charge in [-0.25, -0.2) is 0 Å². The highest BCUT2D eigenvalue weighted by atomic mass is 127. The van der Waals surface area contributed by atoms with Gasteiger partial charge in [-0.1, -0.05) is 50.5 Å². The molecule has 0 aliphatic carbocycles. The predicted molar refractivity (Wildman–Crippen MR) is 112 cm³/mol. The Morgan fingerprint density at radius 3 is 2.48 bits per heavy atom. The normalized spacial score (nSPS) is 11.3. The fraction of sp³-hybridized carbons (Fsp3) is 0.611. The molecule has 4 nitrogen and oxygen atoms in total. The Balaban J connectivity index is 0.00000484. The van der Waals surface area contributed by atoms with E-state index in [1.807, 2.05) is 7.05 Å². The smallest absolute Gasteiger partial charge is 0.191 e. The minimum absolute atomic E-state index is 0. The Morgan fingerprint density at radius 1 is 1.09 bits per heavy atom. The number of benzene rings is 1. The highest BCUT2D eigenvalue weighted by Crippen LogP contribution is 2.06. The van der Waals surface area contributed by atoms with Crippen LogP contribution in [0.3, 0.4) is 0 Å². The van der Waals surface area contributed by atoms with Gasteiger partial charge in [-0.05, 0) is 31.6 Å². The summed E-state index contributed by atoms with van der Waals surface area (Å²) in [5, 5.41) is 6.76. The Morgan fingerprint density at radius 2 is 1.83 bits per heavy atom. The van der Waals surface area contributed by atoms with Crippen LogP contribution in [0, 0.1) is 0 Å². The predicted octanol–water partition coefficient (Wildman–Crippen LogP) is 3.61. The van der Waals surface area contributed by atoms with E-state index in [0.29, 0.717) is 0 Å². The minimum Gasteiger partial charge on any atom is -0.356 e. The first-order valence-electron chi connectivity index (χ1n) is 8.32. The monoisotopic (exact) mass is 432 g/mol. The van der Waals surface area contributed by atoms with E-state index < -0.39 is 0 Å². The standard InChI is InChI=1S/C18H32N4.HI/c1-5-6-7-8-12-20-18(19-2)21-14-16-10-9-11-17(13-16)15-22(3)4;/h9-11,13H,5-8,12,14-15H2,1-4H3,(H2,19,20,21);1H. The second-order valence-corrected chi connectivity index (χ2v) is 5.97. The summed E-state index contributed by atoms with van der Waals surface area (Å²) in [4.78, 5) is 6.46. The van der Waals surface area contributed by atoms with Gasteiger partial charge in [-0.2, -0.15) is 0 Å². The molecule has 0 radical (unpaired) electrons. The van der Waals surface area contributed by atoms with Crippen LogP contribution in [0.2, 0.25) is 0 Å². The molecule has 0 aliphatic heterocycles. The van der Waals surface area contributed by atoms with Crippen LogP contribution in [0.25, 0.3) is 0 Å². The molecule has 1 aromatic rings. The quantitative estimate of drug-likeness (QED) is 0.271. The van der Waals surface area contributed by atoms with E-state index in [-0.39, 0.29) is 24.0 Å². The summed E-state index contributed by atoms with van der Waals surface area (Å²) in [7, 11) is 6.01. The Kier molecular flexibility index (Phi) is 13.1. The average Bonchev–Trinajstić information content (AvgIpc) is 2.50. The highest BCUT2D eigenvalue weighted by molar-refractivity contribution is 14.0. The Hall–Kier alpha value is -0.820. The Labute approximate surface area is 159 Å². The molecule has 1 aromatic carbocycles. The van der Waals surface area contributed by atoms with Gasteiger partial charge in [0.2, 0.25) is 0 Å². The summed E-state index contributed by atoms with van der Waals surface area (Å²) in [6.07, 6.45) is 5.07. The number of hydrogen-bond acceptors (Lipinski definition) is 2. The first-order chi connectivity index (χ1) is 10.7. The molecule has 0 heterocycles. The number of nitrogens with one attached hydrogen (secondary N) is 2. The maximum Gasteiger partial charge on any atom is 0.191 e. The molecule has 132 valence electrons. The van der Waals surface area contributed by atoms with Crippen molar-refractivity contribution < 1.29 is 0 Å². The van der Waals surface area contributed by atoms with E-state index in [1.165, 1.54) is 36.8 Å². The van der Waals surface area contributed by atoms with E-state index in [1.54, 1.807) is 0 Å². The zero-order chi connectivity index (χ0) is 16.2. The molecule has 0 atom stereocenters. The van der Waals surface area contributed by atoms with Crippen molar-refractivity contribution in [2.45, 2.75) is 45.7 Å². The molecular weight excluding hydrogens is 399 g/mol. The summed E-state index contributed by atoms with van der Waals surface area (Å²) in [6.45, 7) is 4.99. The number of guanidine groups is 1. The van der Waals surface area contributed by atoms with Gasteiger partial charge in [-0.15, -0.1) is 24.0 Å². The number of unbranched alkanes of at least 4 members (excludes halogenated alkanes) is 3. The molecule has 23 heavy (non-hydrogen) atoms. The van der Waals surface area contributed by atoms with Crippen molar-refractivity contribution in [3.05, 3.63) is 35.4 Å². The van der Waals surface area contributed by atoms with Gasteiger partial charge < -0.3 is 15.5 Å². The number of rotatable bonds is 9. The topological polar surface area (TPSA) is 39.7 Å². The second-order valence-electron chi connectivity index (χ2n) is 5.97.